The molecule has 2 aromatic heterocycles. The minimum absolute atomic E-state index is 0.0387. The van der Waals surface area contributed by atoms with Crippen molar-refractivity contribution in [1.29, 1.82) is 0 Å². The molecule has 7 nitrogen and oxygen atoms in total. The average Bonchev–Trinajstić information content (AvgIpc) is 3.05. The molecule has 0 saturated heterocycles. The van der Waals surface area contributed by atoms with Crippen molar-refractivity contribution < 1.29 is 14.3 Å². The third-order valence-electron chi connectivity index (χ3n) is 4.53. The maximum Gasteiger partial charge on any atom is 0.252 e. The fraction of sp³-hybridized carbons (Fsp3) is 0.333. The molecule has 0 N–H and O–H groups in total. The van der Waals surface area contributed by atoms with Gasteiger partial charge in [0.05, 0.1) is 18.4 Å². The molecule has 0 spiro atoms. The molecule has 3 aromatic rings. The highest BCUT2D eigenvalue weighted by Crippen LogP contribution is 2.36. The Kier molecular flexibility index (Phi) is 3.93. The molecule has 0 saturated carbocycles. The molecule has 0 radical (unpaired) electrons. The predicted octanol–water partition coefficient (Wildman–Crippen LogP) is 2.19. The lowest BCUT2D eigenvalue weighted by atomic mass is 9.82. The van der Waals surface area contributed by atoms with Gasteiger partial charge in [0.1, 0.15) is 12.4 Å². The molecule has 0 bridgehead atoms. The zero-order valence-electron chi connectivity index (χ0n) is 14.1. The highest BCUT2D eigenvalue weighted by molar-refractivity contribution is 5.98. The van der Waals surface area contributed by atoms with Crippen molar-refractivity contribution in [2.75, 3.05) is 14.2 Å². The van der Waals surface area contributed by atoms with Crippen molar-refractivity contribution in [2.24, 2.45) is 0 Å². The number of carbonyl (C=O) groups is 1. The molecule has 1 aliphatic carbocycles. The van der Waals surface area contributed by atoms with Crippen LogP contribution in [-0.4, -0.2) is 39.6 Å². The number of aromatic nitrogens is 4. The SMILES string of the molecule is COCc1nc2ncc3c(n2n1)CC(c1ccccc1OC)CC3=O. The van der Waals surface area contributed by atoms with E-state index in [1.54, 1.807) is 24.9 Å². The molecule has 1 aromatic carbocycles. The topological polar surface area (TPSA) is 78.6 Å². The third-order valence-corrected chi connectivity index (χ3v) is 4.53. The summed E-state index contributed by atoms with van der Waals surface area (Å²) in [6.07, 6.45) is 2.72. The quantitative estimate of drug-likeness (QED) is 0.725. The molecule has 1 unspecified atom stereocenters. The van der Waals surface area contributed by atoms with Gasteiger partial charge in [-0.1, -0.05) is 18.2 Å². The summed E-state index contributed by atoms with van der Waals surface area (Å²) in [5, 5.41) is 4.46. The summed E-state index contributed by atoms with van der Waals surface area (Å²) < 4.78 is 12.2. The minimum Gasteiger partial charge on any atom is -0.496 e. The fourth-order valence-electron chi connectivity index (χ4n) is 3.40. The smallest absolute Gasteiger partial charge is 0.252 e. The predicted molar refractivity (Wildman–Crippen MR) is 89.9 cm³/mol. The van der Waals surface area contributed by atoms with Crippen LogP contribution in [0.3, 0.4) is 0 Å². The second kappa shape index (κ2) is 6.25. The first-order valence-corrected chi connectivity index (χ1v) is 8.10. The Morgan fingerprint density at radius 3 is 2.88 bits per heavy atom. The van der Waals surface area contributed by atoms with Crippen LogP contribution in [0.2, 0.25) is 0 Å². The van der Waals surface area contributed by atoms with Crippen LogP contribution in [0.25, 0.3) is 5.78 Å². The Labute approximate surface area is 144 Å². The van der Waals surface area contributed by atoms with Crippen LogP contribution in [0.1, 0.15) is 39.8 Å². The van der Waals surface area contributed by atoms with Gasteiger partial charge in [-0.05, 0) is 18.1 Å². The molecule has 128 valence electrons. The third kappa shape index (κ3) is 2.66. The first-order valence-electron chi connectivity index (χ1n) is 8.10. The minimum atomic E-state index is 0.0387. The number of hydrogen-bond donors (Lipinski definition) is 0. The molecular formula is C18H18N4O3. The molecule has 25 heavy (non-hydrogen) atoms. The molecular weight excluding hydrogens is 320 g/mol. The van der Waals surface area contributed by atoms with Crippen molar-refractivity contribution in [3.05, 3.63) is 53.1 Å². The van der Waals surface area contributed by atoms with Gasteiger partial charge < -0.3 is 9.47 Å². The van der Waals surface area contributed by atoms with Gasteiger partial charge >= 0.3 is 0 Å². The summed E-state index contributed by atoms with van der Waals surface area (Å²) >= 11 is 0. The largest absolute Gasteiger partial charge is 0.496 e. The van der Waals surface area contributed by atoms with E-state index in [4.69, 9.17) is 9.47 Å². The number of ether oxygens (including phenoxy) is 2. The maximum absolute atomic E-state index is 12.7. The van der Waals surface area contributed by atoms with Gasteiger partial charge in [-0.25, -0.2) is 9.50 Å². The standard InChI is InChI=1S/C18H18N4O3/c1-24-10-17-20-18-19-9-13-14(22(18)21-17)7-11(8-15(13)23)12-5-3-4-6-16(12)25-2/h3-6,9,11H,7-8,10H2,1-2H3. The van der Waals surface area contributed by atoms with Gasteiger partial charge in [-0.15, -0.1) is 5.10 Å². The zero-order valence-corrected chi connectivity index (χ0v) is 14.1. The average molecular weight is 338 g/mol. The van der Waals surface area contributed by atoms with Crippen LogP contribution in [0, 0.1) is 0 Å². The number of carbonyl (C=O) groups excluding carboxylic acids is 1. The van der Waals surface area contributed by atoms with E-state index in [9.17, 15) is 4.79 Å². The Morgan fingerprint density at radius 1 is 1.24 bits per heavy atom. The van der Waals surface area contributed by atoms with Gasteiger partial charge in [-0.3, -0.25) is 4.79 Å². The lowest BCUT2D eigenvalue weighted by molar-refractivity contribution is 0.0961. The molecule has 0 amide bonds. The van der Waals surface area contributed by atoms with E-state index in [0.29, 0.717) is 36.6 Å². The van der Waals surface area contributed by atoms with Crippen molar-refractivity contribution >= 4 is 11.6 Å². The van der Waals surface area contributed by atoms with E-state index >= 15 is 0 Å². The highest BCUT2D eigenvalue weighted by Gasteiger charge is 2.30. The van der Waals surface area contributed by atoms with E-state index in [2.05, 4.69) is 15.1 Å². The van der Waals surface area contributed by atoms with E-state index in [0.717, 1.165) is 17.0 Å². The lowest BCUT2D eigenvalue weighted by Gasteiger charge is -2.25. The molecule has 0 fully saturated rings. The Hall–Kier alpha value is -2.80. The zero-order chi connectivity index (χ0) is 17.4. The van der Waals surface area contributed by atoms with Crippen molar-refractivity contribution in [3.63, 3.8) is 0 Å². The summed E-state index contributed by atoms with van der Waals surface area (Å²) in [6, 6.07) is 7.82. The number of benzene rings is 1. The number of methoxy groups -OCH3 is 2. The van der Waals surface area contributed by atoms with Gasteiger partial charge in [0.15, 0.2) is 11.6 Å². The summed E-state index contributed by atoms with van der Waals surface area (Å²) in [5.74, 6) is 1.94. The van der Waals surface area contributed by atoms with Crippen molar-refractivity contribution in [1.82, 2.24) is 19.6 Å². The molecule has 2 heterocycles. The maximum atomic E-state index is 12.7. The first kappa shape index (κ1) is 15.7. The van der Waals surface area contributed by atoms with E-state index < -0.39 is 0 Å². The fourth-order valence-corrected chi connectivity index (χ4v) is 3.40. The van der Waals surface area contributed by atoms with E-state index in [1.165, 1.54) is 0 Å². The number of para-hydroxylation sites is 1. The first-order chi connectivity index (χ1) is 12.2. The van der Waals surface area contributed by atoms with Gasteiger partial charge in [0.2, 0.25) is 0 Å². The van der Waals surface area contributed by atoms with Gasteiger partial charge in [-0.2, -0.15) is 4.98 Å². The lowest BCUT2D eigenvalue weighted by Crippen LogP contribution is -2.23. The Balaban J connectivity index is 1.80. The Morgan fingerprint density at radius 2 is 2.08 bits per heavy atom. The van der Waals surface area contributed by atoms with Crippen LogP contribution in [-0.2, 0) is 17.8 Å². The van der Waals surface area contributed by atoms with Crippen molar-refractivity contribution in [3.8, 4) is 5.75 Å². The number of ketones is 1. The second-order valence-electron chi connectivity index (χ2n) is 6.06. The molecule has 4 rings (SSSR count). The molecule has 0 aliphatic heterocycles. The van der Waals surface area contributed by atoms with E-state index in [1.807, 2.05) is 24.3 Å². The molecule has 1 atom stereocenters. The van der Waals surface area contributed by atoms with Gasteiger partial charge in [0, 0.05) is 25.6 Å². The number of rotatable bonds is 4. The van der Waals surface area contributed by atoms with Crippen LogP contribution >= 0.6 is 0 Å². The summed E-state index contributed by atoms with van der Waals surface area (Å²) in [6.45, 7) is 0.308. The van der Waals surface area contributed by atoms with Crippen LogP contribution in [0.15, 0.2) is 30.5 Å². The number of Topliss-reactive ketones (excluding diaryl/α,β-unsaturated/α-hetero) is 1. The summed E-state index contributed by atoms with van der Waals surface area (Å²) in [4.78, 5) is 21.3. The van der Waals surface area contributed by atoms with E-state index in [-0.39, 0.29) is 11.7 Å². The van der Waals surface area contributed by atoms with Crippen LogP contribution < -0.4 is 4.74 Å². The summed E-state index contributed by atoms with van der Waals surface area (Å²) in [7, 11) is 3.24. The Bertz CT molecular complexity index is 951. The number of nitrogens with zero attached hydrogens (tertiary/aromatic N) is 4. The second-order valence-corrected chi connectivity index (χ2v) is 6.06. The normalized spacial score (nSPS) is 16.9. The summed E-state index contributed by atoms with van der Waals surface area (Å²) in [5.41, 5.74) is 2.49. The molecule has 7 heteroatoms. The van der Waals surface area contributed by atoms with Crippen LogP contribution in [0.4, 0.5) is 0 Å². The van der Waals surface area contributed by atoms with Crippen LogP contribution in [0.5, 0.6) is 5.75 Å². The highest BCUT2D eigenvalue weighted by atomic mass is 16.5. The number of hydrogen-bond acceptors (Lipinski definition) is 6. The number of fused-ring (bicyclic) bond motifs is 3. The van der Waals surface area contributed by atoms with Crippen molar-refractivity contribution in [2.45, 2.75) is 25.4 Å². The van der Waals surface area contributed by atoms with Gasteiger partial charge in [0.25, 0.3) is 5.78 Å². The molecule has 1 aliphatic rings. The monoisotopic (exact) mass is 338 g/mol.